The number of hydrogen-bond acceptors (Lipinski definition) is 2. The topological polar surface area (TPSA) is 18.5 Å². The summed E-state index contributed by atoms with van der Waals surface area (Å²) in [4.78, 5) is 0. The van der Waals surface area contributed by atoms with Crippen molar-refractivity contribution in [1.29, 1.82) is 0 Å². The smallest absolute Gasteiger partial charge is 0.124 e. The van der Waals surface area contributed by atoms with Gasteiger partial charge in [0.25, 0.3) is 0 Å². The molecule has 0 bridgehead atoms. The van der Waals surface area contributed by atoms with Gasteiger partial charge in [-0.05, 0) is 18.4 Å². The molecular formula is C17H27IO2. The summed E-state index contributed by atoms with van der Waals surface area (Å²) in [6.07, 6.45) is 5.15. The van der Waals surface area contributed by atoms with Crippen molar-refractivity contribution < 1.29 is 9.47 Å². The fourth-order valence-electron chi connectivity index (χ4n) is 2.30. The van der Waals surface area contributed by atoms with Crippen LogP contribution in [0.15, 0.2) is 24.3 Å². The van der Waals surface area contributed by atoms with Crippen LogP contribution in [-0.2, 0) is 4.74 Å². The lowest BCUT2D eigenvalue weighted by atomic mass is 10.0. The predicted octanol–water partition coefficient (Wildman–Crippen LogP) is 5.40. The minimum atomic E-state index is 0.127. The normalized spacial score (nSPS) is 14.0. The lowest BCUT2D eigenvalue weighted by Gasteiger charge is -2.22. The molecule has 0 aliphatic carbocycles. The monoisotopic (exact) mass is 390 g/mol. The minimum absolute atomic E-state index is 0.127. The van der Waals surface area contributed by atoms with Crippen molar-refractivity contribution in [2.45, 2.75) is 45.6 Å². The van der Waals surface area contributed by atoms with Crippen molar-refractivity contribution in [1.82, 2.24) is 0 Å². The molecule has 20 heavy (non-hydrogen) atoms. The molecule has 1 aromatic carbocycles. The van der Waals surface area contributed by atoms with E-state index in [-0.39, 0.29) is 6.10 Å². The lowest BCUT2D eigenvalue weighted by molar-refractivity contribution is 0.0389. The quantitative estimate of drug-likeness (QED) is 0.393. The van der Waals surface area contributed by atoms with E-state index in [9.17, 15) is 0 Å². The maximum absolute atomic E-state index is 6.18. The molecule has 2 nitrogen and oxygen atoms in total. The SMILES string of the molecule is CCCCC(CC)COC(CI)c1ccccc1OC. The van der Waals surface area contributed by atoms with E-state index in [1.165, 1.54) is 25.7 Å². The van der Waals surface area contributed by atoms with E-state index in [2.05, 4.69) is 48.6 Å². The highest BCUT2D eigenvalue weighted by molar-refractivity contribution is 14.1. The Morgan fingerprint density at radius 3 is 2.55 bits per heavy atom. The maximum atomic E-state index is 6.18. The first-order chi connectivity index (χ1) is 9.76. The van der Waals surface area contributed by atoms with Crippen LogP contribution in [0.4, 0.5) is 0 Å². The molecule has 0 amide bonds. The summed E-state index contributed by atoms with van der Waals surface area (Å²) in [6, 6.07) is 8.17. The van der Waals surface area contributed by atoms with Crippen molar-refractivity contribution in [3.8, 4) is 5.75 Å². The summed E-state index contributed by atoms with van der Waals surface area (Å²) >= 11 is 2.39. The van der Waals surface area contributed by atoms with Gasteiger partial charge in [0.1, 0.15) is 5.75 Å². The number of unbranched alkanes of at least 4 members (excludes halogenated alkanes) is 1. The number of ether oxygens (including phenoxy) is 2. The van der Waals surface area contributed by atoms with Gasteiger partial charge in [-0.25, -0.2) is 0 Å². The molecule has 0 spiro atoms. The third-order valence-electron chi connectivity index (χ3n) is 3.70. The van der Waals surface area contributed by atoms with Gasteiger partial charge < -0.3 is 9.47 Å². The van der Waals surface area contributed by atoms with Crippen LogP contribution in [-0.4, -0.2) is 18.1 Å². The van der Waals surface area contributed by atoms with Gasteiger partial charge in [0.2, 0.25) is 0 Å². The second-order valence-corrected chi connectivity index (χ2v) is 6.02. The summed E-state index contributed by atoms with van der Waals surface area (Å²) in [6.45, 7) is 5.35. The fourth-order valence-corrected chi connectivity index (χ4v) is 3.03. The Hall–Kier alpha value is -0.290. The average Bonchev–Trinajstić information content (AvgIpc) is 2.51. The molecule has 0 heterocycles. The molecule has 2 unspecified atom stereocenters. The molecule has 0 aromatic heterocycles. The predicted molar refractivity (Wildman–Crippen MR) is 93.9 cm³/mol. The number of methoxy groups -OCH3 is 1. The molecule has 3 heteroatoms. The second-order valence-electron chi connectivity index (χ2n) is 5.13. The molecule has 0 saturated heterocycles. The molecule has 0 N–H and O–H groups in total. The number of benzene rings is 1. The van der Waals surface area contributed by atoms with Gasteiger partial charge in [0.05, 0.1) is 19.8 Å². The van der Waals surface area contributed by atoms with Crippen molar-refractivity contribution in [2.75, 3.05) is 18.1 Å². The molecule has 0 aliphatic heterocycles. The van der Waals surface area contributed by atoms with Crippen LogP contribution in [0.2, 0.25) is 0 Å². The molecule has 2 atom stereocenters. The molecule has 0 aliphatic rings. The number of alkyl halides is 1. The molecule has 0 fully saturated rings. The van der Waals surface area contributed by atoms with Crippen LogP contribution in [0.3, 0.4) is 0 Å². The summed E-state index contributed by atoms with van der Waals surface area (Å²) in [5.41, 5.74) is 1.16. The maximum Gasteiger partial charge on any atom is 0.124 e. The Bertz CT molecular complexity index is 368. The Balaban J connectivity index is 2.62. The Morgan fingerprint density at radius 2 is 1.95 bits per heavy atom. The summed E-state index contributed by atoms with van der Waals surface area (Å²) in [7, 11) is 1.72. The number of hydrogen-bond donors (Lipinski definition) is 0. The van der Waals surface area contributed by atoms with Crippen molar-refractivity contribution in [3.05, 3.63) is 29.8 Å². The highest BCUT2D eigenvalue weighted by atomic mass is 127. The fraction of sp³-hybridized carbons (Fsp3) is 0.647. The molecule has 0 saturated carbocycles. The Morgan fingerprint density at radius 1 is 1.20 bits per heavy atom. The van der Waals surface area contributed by atoms with Gasteiger partial charge in [-0.3, -0.25) is 0 Å². The summed E-state index contributed by atoms with van der Waals surface area (Å²) in [5.74, 6) is 1.60. The highest BCUT2D eigenvalue weighted by Gasteiger charge is 2.17. The van der Waals surface area contributed by atoms with Crippen LogP contribution in [0.1, 0.15) is 51.2 Å². The van der Waals surface area contributed by atoms with Gasteiger partial charge in [-0.15, -0.1) is 0 Å². The van der Waals surface area contributed by atoms with Gasteiger partial charge in [-0.1, -0.05) is 73.9 Å². The molecule has 1 rings (SSSR count). The molecule has 1 aromatic rings. The van der Waals surface area contributed by atoms with Gasteiger partial charge >= 0.3 is 0 Å². The van der Waals surface area contributed by atoms with Crippen LogP contribution < -0.4 is 4.74 Å². The third-order valence-corrected chi connectivity index (χ3v) is 4.50. The van der Waals surface area contributed by atoms with Gasteiger partial charge in [0.15, 0.2) is 0 Å². The summed E-state index contributed by atoms with van der Waals surface area (Å²) in [5, 5.41) is 0. The van der Waals surface area contributed by atoms with Crippen LogP contribution in [0.25, 0.3) is 0 Å². The average molecular weight is 390 g/mol. The number of rotatable bonds is 10. The highest BCUT2D eigenvalue weighted by Crippen LogP contribution is 2.30. The first-order valence-corrected chi connectivity index (χ1v) is 9.09. The van der Waals surface area contributed by atoms with Crippen molar-refractivity contribution in [3.63, 3.8) is 0 Å². The van der Waals surface area contributed by atoms with E-state index < -0.39 is 0 Å². The summed E-state index contributed by atoms with van der Waals surface area (Å²) < 4.78 is 12.6. The van der Waals surface area contributed by atoms with E-state index in [0.29, 0.717) is 5.92 Å². The van der Waals surface area contributed by atoms with Crippen molar-refractivity contribution >= 4 is 22.6 Å². The van der Waals surface area contributed by atoms with Gasteiger partial charge in [-0.2, -0.15) is 0 Å². The number of para-hydroxylation sites is 1. The first kappa shape index (κ1) is 17.8. The standard InChI is InChI=1S/C17H27IO2/c1-4-6-9-14(5-2)13-20-17(12-18)15-10-7-8-11-16(15)19-3/h7-8,10-11,14,17H,4-6,9,12-13H2,1-3H3. The lowest BCUT2D eigenvalue weighted by Crippen LogP contribution is -2.14. The first-order valence-electron chi connectivity index (χ1n) is 7.57. The van der Waals surface area contributed by atoms with Crippen LogP contribution in [0.5, 0.6) is 5.75 Å². The van der Waals surface area contributed by atoms with E-state index in [0.717, 1.165) is 22.3 Å². The van der Waals surface area contributed by atoms with E-state index in [1.807, 2.05) is 12.1 Å². The zero-order valence-corrected chi connectivity index (χ0v) is 15.1. The zero-order chi connectivity index (χ0) is 14.8. The molecule has 114 valence electrons. The van der Waals surface area contributed by atoms with E-state index in [1.54, 1.807) is 7.11 Å². The Kier molecular flexibility index (Phi) is 9.27. The largest absolute Gasteiger partial charge is 0.496 e. The van der Waals surface area contributed by atoms with Crippen LogP contribution in [0, 0.1) is 5.92 Å². The van der Waals surface area contributed by atoms with Gasteiger partial charge in [0, 0.05) is 9.99 Å². The molecule has 0 radical (unpaired) electrons. The Labute approximate surface area is 137 Å². The molecular weight excluding hydrogens is 363 g/mol. The van der Waals surface area contributed by atoms with Crippen molar-refractivity contribution in [2.24, 2.45) is 5.92 Å². The zero-order valence-electron chi connectivity index (χ0n) is 12.9. The van der Waals surface area contributed by atoms with E-state index >= 15 is 0 Å². The minimum Gasteiger partial charge on any atom is -0.496 e. The third kappa shape index (κ3) is 5.60. The second kappa shape index (κ2) is 10.4. The van der Waals surface area contributed by atoms with Crippen LogP contribution >= 0.6 is 22.6 Å². The number of halogens is 1. The van der Waals surface area contributed by atoms with E-state index in [4.69, 9.17) is 9.47 Å².